The molecule has 2 aromatic heterocycles. The highest BCUT2D eigenvalue weighted by molar-refractivity contribution is 6.30. The SMILES string of the molecule is Cc1ccc2ncc(C(=O)N[C@@H](c3ccccc3)c3ccc(Cl)cc3)c(=O)n2c1. The maximum Gasteiger partial charge on any atom is 0.270 e. The van der Waals surface area contributed by atoms with E-state index >= 15 is 0 Å². The van der Waals surface area contributed by atoms with Gasteiger partial charge in [0.2, 0.25) is 0 Å². The lowest BCUT2D eigenvalue weighted by molar-refractivity contribution is 0.0941. The molecule has 0 spiro atoms. The van der Waals surface area contributed by atoms with Crippen molar-refractivity contribution in [1.82, 2.24) is 14.7 Å². The van der Waals surface area contributed by atoms with Gasteiger partial charge in [-0.25, -0.2) is 4.98 Å². The number of carbonyl (C=O) groups excluding carboxylic acids is 1. The number of halogens is 1. The van der Waals surface area contributed by atoms with Gasteiger partial charge in [0.25, 0.3) is 11.5 Å². The molecule has 0 radical (unpaired) electrons. The quantitative estimate of drug-likeness (QED) is 0.556. The van der Waals surface area contributed by atoms with Crippen LogP contribution in [0.3, 0.4) is 0 Å². The Balaban J connectivity index is 1.74. The zero-order chi connectivity index (χ0) is 20.4. The second kappa shape index (κ2) is 7.89. The minimum absolute atomic E-state index is 0.0111. The van der Waals surface area contributed by atoms with E-state index in [1.807, 2.05) is 55.5 Å². The van der Waals surface area contributed by atoms with Crippen LogP contribution in [0.25, 0.3) is 5.65 Å². The molecular weight excluding hydrogens is 386 g/mol. The number of benzene rings is 2. The maximum atomic E-state index is 13.0. The lowest BCUT2D eigenvalue weighted by atomic mass is 9.98. The number of fused-ring (bicyclic) bond motifs is 1. The Bertz CT molecular complexity index is 1230. The third-order valence-corrected chi connectivity index (χ3v) is 4.96. The molecule has 5 nitrogen and oxygen atoms in total. The molecule has 1 atom stereocenters. The highest BCUT2D eigenvalue weighted by atomic mass is 35.5. The van der Waals surface area contributed by atoms with Crippen molar-refractivity contribution in [2.24, 2.45) is 0 Å². The number of nitrogens with zero attached hydrogens (tertiary/aromatic N) is 2. The lowest BCUT2D eigenvalue weighted by Gasteiger charge is -2.20. The fraction of sp³-hybridized carbons (Fsp3) is 0.0870. The fourth-order valence-corrected chi connectivity index (χ4v) is 3.33. The Morgan fingerprint density at radius 2 is 1.69 bits per heavy atom. The second-order valence-corrected chi connectivity index (χ2v) is 7.22. The predicted octanol–water partition coefficient (Wildman–Crippen LogP) is 4.18. The molecule has 0 aliphatic rings. The Hall–Kier alpha value is -3.44. The van der Waals surface area contributed by atoms with Gasteiger partial charge in [-0.15, -0.1) is 0 Å². The summed E-state index contributed by atoms with van der Waals surface area (Å²) >= 11 is 6.01. The number of pyridine rings is 1. The van der Waals surface area contributed by atoms with Gasteiger partial charge in [-0.1, -0.05) is 60.1 Å². The number of aromatic nitrogens is 2. The molecule has 144 valence electrons. The van der Waals surface area contributed by atoms with Gasteiger partial charge in [0.05, 0.1) is 6.04 Å². The standard InChI is InChI=1S/C23H18ClN3O2/c1-15-7-12-20-25-13-19(23(29)27(20)14-15)22(28)26-21(16-5-3-2-4-6-16)17-8-10-18(24)11-9-17/h2-14,21H,1H3,(H,26,28)/t21-/m0/s1. The predicted molar refractivity (Wildman–Crippen MR) is 113 cm³/mol. The van der Waals surface area contributed by atoms with E-state index in [1.165, 1.54) is 10.6 Å². The van der Waals surface area contributed by atoms with E-state index in [0.29, 0.717) is 10.7 Å². The van der Waals surface area contributed by atoms with Gasteiger partial charge in [0, 0.05) is 17.4 Å². The molecule has 4 rings (SSSR count). The van der Waals surface area contributed by atoms with Crippen molar-refractivity contribution in [3.8, 4) is 0 Å². The van der Waals surface area contributed by atoms with E-state index in [9.17, 15) is 9.59 Å². The Kier molecular flexibility index (Phi) is 5.14. The van der Waals surface area contributed by atoms with Gasteiger partial charge in [0.15, 0.2) is 0 Å². The topological polar surface area (TPSA) is 63.5 Å². The summed E-state index contributed by atoms with van der Waals surface area (Å²) in [7, 11) is 0. The van der Waals surface area contributed by atoms with Crippen LogP contribution in [0.2, 0.25) is 5.02 Å². The summed E-state index contributed by atoms with van der Waals surface area (Å²) < 4.78 is 1.39. The molecule has 0 bridgehead atoms. The van der Waals surface area contributed by atoms with E-state index in [2.05, 4.69) is 10.3 Å². The Morgan fingerprint density at radius 3 is 2.41 bits per heavy atom. The van der Waals surface area contributed by atoms with E-state index in [4.69, 9.17) is 11.6 Å². The minimum Gasteiger partial charge on any atom is -0.341 e. The van der Waals surface area contributed by atoms with Crippen molar-refractivity contribution in [2.45, 2.75) is 13.0 Å². The number of hydrogen-bond acceptors (Lipinski definition) is 3. The number of nitrogens with one attached hydrogen (secondary N) is 1. The number of hydrogen-bond donors (Lipinski definition) is 1. The van der Waals surface area contributed by atoms with E-state index in [1.54, 1.807) is 24.4 Å². The van der Waals surface area contributed by atoms with E-state index in [0.717, 1.165) is 16.7 Å². The highest BCUT2D eigenvalue weighted by Gasteiger charge is 2.20. The summed E-state index contributed by atoms with van der Waals surface area (Å²) in [5.74, 6) is -0.484. The summed E-state index contributed by atoms with van der Waals surface area (Å²) in [6, 6.07) is 20.0. The van der Waals surface area contributed by atoms with Gasteiger partial charge < -0.3 is 5.32 Å². The smallest absolute Gasteiger partial charge is 0.270 e. The Morgan fingerprint density at radius 1 is 1.00 bits per heavy atom. The van der Waals surface area contributed by atoms with Crippen LogP contribution in [-0.4, -0.2) is 15.3 Å². The summed E-state index contributed by atoms with van der Waals surface area (Å²) in [5.41, 5.74) is 2.74. The average molecular weight is 404 g/mol. The highest BCUT2D eigenvalue weighted by Crippen LogP contribution is 2.24. The maximum absolute atomic E-state index is 13.0. The van der Waals surface area contributed by atoms with Crippen LogP contribution in [0.15, 0.2) is 83.9 Å². The molecule has 6 heteroatoms. The molecule has 0 aliphatic carbocycles. The summed E-state index contributed by atoms with van der Waals surface area (Å²) in [4.78, 5) is 30.1. The van der Waals surface area contributed by atoms with Crippen molar-refractivity contribution < 1.29 is 4.79 Å². The second-order valence-electron chi connectivity index (χ2n) is 6.78. The van der Waals surface area contributed by atoms with Crippen LogP contribution in [0.4, 0.5) is 0 Å². The average Bonchev–Trinajstić information content (AvgIpc) is 2.74. The third kappa shape index (κ3) is 3.91. The zero-order valence-electron chi connectivity index (χ0n) is 15.7. The van der Waals surface area contributed by atoms with Gasteiger partial charge in [-0.2, -0.15) is 0 Å². The van der Waals surface area contributed by atoms with Gasteiger partial charge in [-0.05, 0) is 41.8 Å². The summed E-state index contributed by atoms with van der Waals surface area (Å²) in [6.07, 6.45) is 3.00. The monoisotopic (exact) mass is 403 g/mol. The first-order valence-corrected chi connectivity index (χ1v) is 9.50. The Labute approximate surface area is 172 Å². The van der Waals surface area contributed by atoms with Gasteiger partial charge >= 0.3 is 0 Å². The molecule has 0 unspecified atom stereocenters. The molecule has 29 heavy (non-hydrogen) atoms. The van der Waals surface area contributed by atoms with Crippen molar-refractivity contribution in [3.63, 3.8) is 0 Å². The fourth-order valence-electron chi connectivity index (χ4n) is 3.21. The molecular formula is C23H18ClN3O2. The first-order chi connectivity index (χ1) is 14.0. The van der Waals surface area contributed by atoms with Crippen LogP contribution >= 0.6 is 11.6 Å². The number of amides is 1. The van der Waals surface area contributed by atoms with Crippen molar-refractivity contribution >= 4 is 23.2 Å². The molecule has 0 saturated carbocycles. The molecule has 2 heterocycles. The van der Waals surface area contributed by atoms with E-state index < -0.39 is 17.5 Å². The zero-order valence-corrected chi connectivity index (χ0v) is 16.4. The largest absolute Gasteiger partial charge is 0.341 e. The number of rotatable bonds is 4. The van der Waals surface area contributed by atoms with Crippen LogP contribution < -0.4 is 10.9 Å². The molecule has 2 aromatic carbocycles. The lowest BCUT2D eigenvalue weighted by Crippen LogP contribution is -2.34. The summed E-state index contributed by atoms with van der Waals surface area (Å²) in [6.45, 7) is 1.88. The molecule has 1 amide bonds. The van der Waals surface area contributed by atoms with Crippen LogP contribution in [0.1, 0.15) is 33.1 Å². The first kappa shape index (κ1) is 18.9. The van der Waals surface area contributed by atoms with E-state index in [-0.39, 0.29) is 5.56 Å². The van der Waals surface area contributed by atoms with Crippen LogP contribution in [0, 0.1) is 6.92 Å². The van der Waals surface area contributed by atoms with Gasteiger partial charge in [-0.3, -0.25) is 14.0 Å². The van der Waals surface area contributed by atoms with Crippen LogP contribution in [-0.2, 0) is 0 Å². The summed E-state index contributed by atoms with van der Waals surface area (Å²) in [5, 5.41) is 3.58. The molecule has 0 fully saturated rings. The minimum atomic E-state index is -0.484. The van der Waals surface area contributed by atoms with Crippen LogP contribution in [0.5, 0.6) is 0 Å². The van der Waals surface area contributed by atoms with Crippen molar-refractivity contribution in [2.75, 3.05) is 0 Å². The third-order valence-electron chi connectivity index (χ3n) is 4.71. The first-order valence-electron chi connectivity index (χ1n) is 9.12. The van der Waals surface area contributed by atoms with Crippen molar-refractivity contribution in [1.29, 1.82) is 0 Å². The molecule has 1 N–H and O–H groups in total. The number of aryl methyl sites for hydroxylation is 1. The van der Waals surface area contributed by atoms with Gasteiger partial charge in [0.1, 0.15) is 11.2 Å². The molecule has 0 aliphatic heterocycles. The molecule has 4 aromatic rings. The number of carbonyl (C=O) groups is 1. The molecule has 0 saturated heterocycles. The van der Waals surface area contributed by atoms with Crippen molar-refractivity contribution in [3.05, 3.63) is 117 Å². The normalized spacial score (nSPS) is 11.9.